The van der Waals surface area contributed by atoms with Crippen molar-refractivity contribution < 1.29 is 0 Å². The molecule has 0 aromatic carbocycles. The summed E-state index contributed by atoms with van der Waals surface area (Å²) in [6.07, 6.45) is 1.29. The van der Waals surface area contributed by atoms with Gasteiger partial charge in [-0.2, -0.15) is 4.09 Å². The Kier molecular flexibility index (Phi) is 1.34. The molecule has 2 aromatic heterocycles. The maximum absolute atomic E-state index is 11.2. The lowest BCUT2D eigenvalue weighted by atomic mass is 10.5. The molecule has 0 spiro atoms. The molecule has 12 heavy (non-hydrogen) atoms. The van der Waals surface area contributed by atoms with E-state index in [4.69, 9.17) is 0 Å². The zero-order valence-corrected chi connectivity index (χ0v) is 6.63. The molecule has 0 radical (unpaired) electrons. The molecular weight excluding hydrogens is 180 g/mol. The number of nitrogens with one attached hydrogen (secondary N) is 2. The topological polar surface area (TPSA) is 83.5 Å². The van der Waals surface area contributed by atoms with Gasteiger partial charge in [0.1, 0.15) is 5.52 Å². The maximum Gasteiger partial charge on any atom is 0.301 e. The van der Waals surface area contributed by atoms with Crippen LogP contribution in [0.4, 0.5) is 0 Å². The van der Waals surface area contributed by atoms with E-state index in [1.165, 1.54) is 6.33 Å². The number of aromatic amines is 2. The van der Waals surface area contributed by atoms with Gasteiger partial charge in [-0.15, -0.1) is 0 Å². The SMILES string of the molecule is O=c1[nH]n(S)c(=O)c2[nH]cnc12. The second-order valence-corrected chi connectivity index (χ2v) is 2.58. The number of aromatic nitrogens is 4. The van der Waals surface area contributed by atoms with Crippen LogP contribution in [0.2, 0.25) is 0 Å². The van der Waals surface area contributed by atoms with Crippen LogP contribution in [-0.4, -0.2) is 19.2 Å². The van der Waals surface area contributed by atoms with Gasteiger partial charge in [0.15, 0.2) is 5.52 Å². The molecule has 7 heteroatoms. The van der Waals surface area contributed by atoms with Crippen molar-refractivity contribution in [2.75, 3.05) is 0 Å². The van der Waals surface area contributed by atoms with E-state index in [1.807, 2.05) is 0 Å². The first-order chi connectivity index (χ1) is 5.70. The Balaban J connectivity index is 3.18. The van der Waals surface area contributed by atoms with Crippen LogP contribution >= 0.6 is 12.8 Å². The third-order valence-electron chi connectivity index (χ3n) is 1.47. The second-order valence-electron chi connectivity index (χ2n) is 2.18. The van der Waals surface area contributed by atoms with Gasteiger partial charge >= 0.3 is 5.56 Å². The lowest BCUT2D eigenvalue weighted by Gasteiger charge is -1.92. The molecule has 62 valence electrons. The fourth-order valence-electron chi connectivity index (χ4n) is 0.935. The quantitative estimate of drug-likeness (QED) is 0.464. The summed E-state index contributed by atoms with van der Waals surface area (Å²) in [5.41, 5.74) is -0.606. The van der Waals surface area contributed by atoms with Gasteiger partial charge in [0.25, 0.3) is 5.56 Å². The number of hydrogen-bond acceptors (Lipinski definition) is 4. The Morgan fingerprint density at radius 1 is 1.50 bits per heavy atom. The Hall–Kier alpha value is -1.50. The minimum absolute atomic E-state index is 0.102. The summed E-state index contributed by atoms with van der Waals surface area (Å²) in [6.45, 7) is 0. The molecule has 0 bridgehead atoms. The van der Waals surface area contributed by atoms with Crippen molar-refractivity contribution in [2.45, 2.75) is 0 Å². The Labute approximate surface area is 70.8 Å². The summed E-state index contributed by atoms with van der Waals surface area (Å²) >= 11 is 3.72. The van der Waals surface area contributed by atoms with Gasteiger partial charge in [0, 0.05) is 0 Å². The maximum atomic E-state index is 11.2. The monoisotopic (exact) mass is 184 g/mol. The van der Waals surface area contributed by atoms with Gasteiger partial charge in [-0.25, -0.2) is 10.1 Å². The van der Waals surface area contributed by atoms with E-state index in [0.29, 0.717) is 0 Å². The molecule has 2 aromatic rings. The Morgan fingerprint density at radius 2 is 2.25 bits per heavy atom. The summed E-state index contributed by atoms with van der Waals surface area (Å²) in [4.78, 5) is 28.5. The highest BCUT2D eigenvalue weighted by molar-refractivity contribution is 7.78. The molecule has 0 fully saturated rings. The molecule has 0 aliphatic heterocycles. The number of rotatable bonds is 0. The van der Waals surface area contributed by atoms with Gasteiger partial charge in [0.05, 0.1) is 6.33 Å². The van der Waals surface area contributed by atoms with Crippen LogP contribution in [0.1, 0.15) is 0 Å². The highest BCUT2D eigenvalue weighted by Crippen LogP contribution is 1.94. The summed E-state index contributed by atoms with van der Waals surface area (Å²) in [5.74, 6) is 0. The van der Waals surface area contributed by atoms with Crippen molar-refractivity contribution in [3.63, 3.8) is 0 Å². The molecule has 0 aliphatic rings. The van der Waals surface area contributed by atoms with Gasteiger partial charge in [0.2, 0.25) is 0 Å². The van der Waals surface area contributed by atoms with Gasteiger partial charge in [-0.1, -0.05) is 0 Å². The van der Waals surface area contributed by atoms with Crippen LogP contribution in [0.5, 0.6) is 0 Å². The zero-order valence-electron chi connectivity index (χ0n) is 5.74. The van der Waals surface area contributed by atoms with Gasteiger partial charge in [-0.3, -0.25) is 9.59 Å². The van der Waals surface area contributed by atoms with Gasteiger partial charge in [-0.05, 0) is 12.8 Å². The van der Waals surface area contributed by atoms with Crippen LogP contribution in [0.3, 0.4) is 0 Å². The summed E-state index contributed by atoms with van der Waals surface area (Å²) in [6, 6.07) is 0. The average molecular weight is 184 g/mol. The highest BCUT2D eigenvalue weighted by atomic mass is 32.1. The van der Waals surface area contributed by atoms with Crippen LogP contribution in [-0.2, 0) is 0 Å². The van der Waals surface area contributed by atoms with Gasteiger partial charge < -0.3 is 4.98 Å². The zero-order chi connectivity index (χ0) is 8.72. The molecule has 0 saturated heterocycles. The van der Waals surface area contributed by atoms with E-state index in [-0.39, 0.29) is 11.0 Å². The van der Waals surface area contributed by atoms with E-state index >= 15 is 0 Å². The lowest BCUT2D eigenvalue weighted by molar-refractivity contribution is 0.912. The minimum atomic E-state index is -0.444. The number of imidazole rings is 1. The fourth-order valence-corrected chi connectivity index (χ4v) is 1.13. The fraction of sp³-hybridized carbons (Fsp3) is 0. The smallest absolute Gasteiger partial charge is 0.301 e. The normalized spacial score (nSPS) is 10.8. The number of thiol groups is 1. The van der Waals surface area contributed by atoms with Crippen molar-refractivity contribution in [3.8, 4) is 0 Å². The first-order valence-electron chi connectivity index (χ1n) is 3.08. The molecule has 2 heterocycles. The largest absolute Gasteiger partial charge is 0.340 e. The predicted molar refractivity (Wildman–Crippen MR) is 45.4 cm³/mol. The van der Waals surface area contributed by atoms with Crippen molar-refractivity contribution in [2.24, 2.45) is 0 Å². The summed E-state index contributed by atoms with van der Waals surface area (Å²) in [5, 5.41) is 2.20. The summed E-state index contributed by atoms with van der Waals surface area (Å²) < 4.78 is 0.808. The number of fused-ring (bicyclic) bond motifs is 1. The van der Waals surface area contributed by atoms with Crippen molar-refractivity contribution >= 4 is 23.8 Å². The van der Waals surface area contributed by atoms with Crippen LogP contribution in [0.25, 0.3) is 11.0 Å². The molecule has 6 nitrogen and oxygen atoms in total. The number of nitrogens with zero attached hydrogens (tertiary/aromatic N) is 2. The Morgan fingerprint density at radius 3 is 3.00 bits per heavy atom. The van der Waals surface area contributed by atoms with Crippen molar-refractivity contribution in [3.05, 3.63) is 27.0 Å². The van der Waals surface area contributed by atoms with Crippen molar-refractivity contribution in [1.29, 1.82) is 0 Å². The molecule has 2 N–H and O–H groups in total. The molecular formula is C5H4N4O2S. The third-order valence-corrected chi connectivity index (χ3v) is 1.75. The predicted octanol–water partition coefficient (Wildman–Crippen LogP) is -0.894. The van der Waals surface area contributed by atoms with E-state index in [1.54, 1.807) is 0 Å². The first kappa shape index (κ1) is 7.17. The Bertz CT molecular complexity index is 536. The molecule has 0 unspecified atom stereocenters. The molecule has 0 amide bonds. The molecule has 0 atom stereocenters. The van der Waals surface area contributed by atoms with E-state index in [2.05, 4.69) is 27.9 Å². The first-order valence-corrected chi connectivity index (χ1v) is 3.48. The number of H-pyrrole nitrogens is 2. The van der Waals surface area contributed by atoms with E-state index < -0.39 is 11.1 Å². The lowest BCUT2D eigenvalue weighted by Crippen LogP contribution is -2.24. The van der Waals surface area contributed by atoms with Crippen LogP contribution < -0.4 is 11.1 Å². The third kappa shape index (κ3) is 0.797. The molecule has 2 rings (SSSR count). The minimum Gasteiger partial charge on any atom is -0.340 e. The van der Waals surface area contributed by atoms with Crippen LogP contribution in [0, 0.1) is 0 Å². The van der Waals surface area contributed by atoms with E-state index in [0.717, 1.165) is 4.09 Å². The summed E-state index contributed by atoms with van der Waals surface area (Å²) in [7, 11) is 0. The second kappa shape index (κ2) is 2.24. The van der Waals surface area contributed by atoms with Crippen LogP contribution in [0.15, 0.2) is 15.9 Å². The average Bonchev–Trinajstić information content (AvgIpc) is 2.48. The molecule has 0 aliphatic carbocycles. The number of hydrogen-bond donors (Lipinski definition) is 3. The van der Waals surface area contributed by atoms with E-state index in [9.17, 15) is 9.59 Å². The molecule has 0 saturated carbocycles. The van der Waals surface area contributed by atoms with Crippen molar-refractivity contribution in [1.82, 2.24) is 19.2 Å². The highest BCUT2D eigenvalue weighted by Gasteiger charge is 2.06. The standard InChI is InChI=1S/C5H4N4O2S/c10-4-2-3(7-1-6-2)5(11)9(12)8-4/h1,12H,(H,6,7)(H,8,10).